The molecule has 0 aliphatic heterocycles. The Balaban J connectivity index is 1.69. The molecular formula is C30H31NO6. The summed E-state index contributed by atoms with van der Waals surface area (Å²) in [7, 11) is 1.58. The van der Waals surface area contributed by atoms with E-state index in [1.54, 1.807) is 7.11 Å². The van der Waals surface area contributed by atoms with Gasteiger partial charge in [-0.15, -0.1) is 0 Å². The molecule has 0 aromatic heterocycles. The topological polar surface area (TPSA) is 130 Å². The molecular weight excluding hydrogens is 470 g/mol. The van der Waals surface area contributed by atoms with Crippen LogP contribution in [0.4, 0.5) is 0 Å². The molecule has 1 spiro atoms. The number of rotatable bonds is 2. The second kappa shape index (κ2) is 7.63. The average Bonchev–Trinajstić information content (AvgIpc) is 3.18. The van der Waals surface area contributed by atoms with Gasteiger partial charge in [-0.1, -0.05) is 25.2 Å². The van der Waals surface area contributed by atoms with Crippen LogP contribution >= 0.6 is 0 Å². The minimum atomic E-state index is -0.999. The summed E-state index contributed by atoms with van der Waals surface area (Å²) in [5.74, 6) is -2.27. The number of benzene rings is 2. The van der Waals surface area contributed by atoms with Gasteiger partial charge in [0.2, 0.25) is 0 Å². The van der Waals surface area contributed by atoms with Crippen LogP contribution in [0, 0.1) is 17.8 Å². The third-order valence-electron chi connectivity index (χ3n) is 9.49. The van der Waals surface area contributed by atoms with Crippen molar-refractivity contribution in [2.45, 2.75) is 51.4 Å². The number of phenolic OH excluding ortho intramolecular Hbond substituents is 2. The molecule has 192 valence electrons. The van der Waals surface area contributed by atoms with Gasteiger partial charge in [0.05, 0.1) is 29.6 Å². The number of Topliss-reactive ketones (excluding diaryl/α,β-unsaturated/α-hetero) is 2. The number of ketones is 2. The first-order chi connectivity index (χ1) is 17.5. The van der Waals surface area contributed by atoms with Gasteiger partial charge in [-0.3, -0.25) is 9.59 Å². The number of aliphatic hydroxyl groups is 1. The number of hydrogen-bond acceptors (Lipinski definition) is 7. The van der Waals surface area contributed by atoms with Gasteiger partial charge < -0.3 is 25.8 Å². The van der Waals surface area contributed by atoms with Gasteiger partial charge in [-0.05, 0) is 55.6 Å². The fourth-order valence-electron chi connectivity index (χ4n) is 7.81. The predicted octanol–water partition coefficient (Wildman–Crippen LogP) is 4.66. The van der Waals surface area contributed by atoms with Crippen LogP contribution in [0.2, 0.25) is 0 Å². The van der Waals surface area contributed by atoms with E-state index in [-0.39, 0.29) is 57.6 Å². The second-order valence-corrected chi connectivity index (χ2v) is 11.1. The third-order valence-corrected chi connectivity index (χ3v) is 9.49. The highest BCUT2D eigenvalue weighted by molar-refractivity contribution is 6.15. The highest BCUT2D eigenvalue weighted by Crippen LogP contribution is 2.62. The summed E-state index contributed by atoms with van der Waals surface area (Å²) in [6.45, 7) is 7.94. The van der Waals surface area contributed by atoms with E-state index in [1.165, 1.54) is 11.6 Å². The summed E-state index contributed by atoms with van der Waals surface area (Å²) in [6.07, 6.45) is 5.21. The van der Waals surface area contributed by atoms with Crippen LogP contribution in [0.5, 0.6) is 17.2 Å². The molecule has 7 nitrogen and oxygen atoms in total. The van der Waals surface area contributed by atoms with Crippen molar-refractivity contribution in [2.75, 3.05) is 7.11 Å². The third kappa shape index (κ3) is 2.77. The lowest BCUT2D eigenvalue weighted by atomic mass is 9.62. The van der Waals surface area contributed by atoms with E-state index in [0.29, 0.717) is 24.2 Å². The van der Waals surface area contributed by atoms with Crippen molar-refractivity contribution >= 4 is 22.3 Å². The molecule has 2 aromatic carbocycles. The fourth-order valence-corrected chi connectivity index (χ4v) is 7.81. The Labute approximate surface area is 214 Å². The van der Waals surface area contributed by atoms with Crippen molar-refractivity contribution in [2.24, 2.45) is 23.5 Å². The molecule has 6 rings (SSSR count). The zero-order valence-electron chi connectivity index (χ0n) is 21.3. The van der Waals surface area contributed by atoms with Gasteiger partial charge in [0.15, 0.2) is 11.6 Å². The number of nitrogens with two attached hydrogens (primary N) is 1. The number of phenols is 2. The van der Waals surface area contributed by atoms with Crippen molar-refractivity contribution in [3.05, 3.63) is 63.6 Å². The van der Waals surface area contributed by atoms with Crippen molar-refractivity contribution in [1.29, 1.82) is 0 Å². The molecule has 0 fully saturated rings. The van der Waals surface area contributed by atoms with E-state index < -0.39 is 23.0 Å². The average molecular weight is 502 g/mol. The van der Waals surface area contributed by atoms with Gasteiger partial charge >= 0.3 is 0 Å². The van der Waals surface area contributed by atoms with Gasteiger partial charge in [0.1, 0.15) is 23.0 Å². The largest absolute Gasteiger partial charge is 0.511 e. The molecule has 2 aromatic rings. The van der Waals surface area contributed by atoms with Crippen LogP contribution in [0.1, 0.15) is 60.2 Å². The molecule has 0 radical (unpaired) electrons. The quantitative estimate of drug-likeness (QED) is 0.440. The number of carbonyl (C=O) groups is 2. The molecule has 4 atom stereocenters. The molecule has 0 saturated heterocycles. The number of allylic oxidation sites excluding steroid dienone is 4. The molecule has 7 heteroatoms. The number of methoxy groups -OCH3 is 1. The number of aromatic hydroxyl groups is 2. The van der Waals surface area contributed by atoms with E-state index >= 15 is 0 Å². The molecule has 0 saturated carbocycles. The van der Waals surface area contributed by atoms with Gasteiger partial charge in [0.25, 0.3) is 0 Å². The zero-order valence-corrected chi connectivity index (χ0v) is 21.3. The van der Waals surface area contributed by atoms with Crippen LogP contribution in [0.15, 0.2) is 41.3 Å². The number of hydrogen-bond donors (Lipinski definition) is 4. The Morgan fingerprint density at radius 3 is 2.54 bits per heavy atom. The number of fused-ring (bicyclic) bond motifs is 4. The van der Waals surface area contributed by atoms with Crippen LogP contribution in [0.25, 0.3) is 10.8 Å². The highest BCUT2D eigenvalue weighted by Gasteiger charge is 2.53. The Kier molecular flexibility index (Phi) is 4.88. The van der Waals surface area contributed by atoms with E-state index in [1.807, 2.05) is 0 Å². The molecule has 0 amide bonds. The molecule has 4 aliphatic carbocycles. The van der Waals surface area contributed by atoms with E-state index in [4.69, 9.17) is 10.5 Å². The van der Waals surface area contributed by atoms with Gasteiger partial charge in [-0.2, -0.15) is 0 Å². The summed E-state index contributed by atoms with van der Waals surface area (Å²) >= 11 is 0. The van der Waals surface area contributed by atoms with Crippen molar-refractivity contribution < 1.29 is 29.6 Å². The maximum Gasteiger partial charge on any atom is 0.177 e. The summed E-state index contributed by atoms with van der Waals surface area (Å²) < 4.78 is 5.80. The highest BCUT2D eigenvalue weighted by atomic mass is 16.5. The SMILES string of the molecule is C=C(N)C1=C(O)C2C(=O)c3c(c4c5c(c(OC)cc(O)c5c3O)[C@]3(C4)C(C)=CCC[C@@H]3C)CC2CC1=O. The number of aliphatic hydroxyl groups excluding tert-OH is 1. The molecule has 2 unspecified atom stereocenters. The number of carbonyl (C=O) groups excluding carboxylic acids is 2. The maximum atomic E-state index is 14.0. The number of ether oxygens (including phenoxy) is 1. The van der Waals surface area contributed by atoms with Crippen molar-refractivity contribution in [3.8, 4) is 17.2 Å². The molecule has 0 heterocycles. The first-order valence-corrected chi connectivity index (χ1v) is 12.8. The monoisotopic (exact) mass is 501 g/mol. The zero-order chi connectivity index (χ0) is 26.5. The molecule has 4 aliphatic rings. The summed E-state index contributed by atoms with van der Waals surface area (Å²) in [6, 6.07) is 1.53. The van der Waals surface area contributed by atoms with E-state index in [0.717, 1.165) is 29.4 Å². The lowest BCUT2D eigenvalue weighted by Crippen LogP contribution is -2.40. The smallest absolute Gasteiger partial charge is 0.177 e. The lowest BCUT2D eigenvalue weighted by molar-refractivity contribution is -0.117. The first kappa shape index (κ1) is 23.6. The van der Waals surface area contributed by atoms with Crippen LogP contribution in [0.3, 0.4) is 0 Å². The Hall–Kier alpha value is -3.74. The predicted molar refractivity (Wildman–Crippen MR) is 139 cm³/mol. The van der Waals surface area contributed by atoms with Crippen LogP contribution in [-0.4, -0.2) is 34.0 Å². The normalized spacial score (nSPS) is 28.4. The molecule has 0 bridgehead atoms. The molecule has 37 heavy (non-hydrogen) atoms. The second-order valence-electron chi connectivity index (χ2n) is 11.1. The van der Waals surface area contributed by atoms with E-state index in [2.05, 4.69) is 26.5 Å². The van der Waals surface area contributed by atoms with Gasteiger partial charge in [0, 0.05) is 34.5 Å². The van der Waals surface area contributed by atoms with Crippen molar-refractivity contribution in [3.63, 3.8) is 0 Å². The summed E-state index contributed by atoms with van der Waals surface area (Å²) in [5, 5.41) is 34.6. The summed E-state index contributed by atoms with van der Waals surface area (Å²) in [4.78, 5) is 26.8. The minimum Gasteiger partial charge on any atom is -0.511 e. The first-order valence-electron chi connectivity index (χ1n) is 12.8. The van der Waals surface area contributed by atoms with E-state index in [9.17, 15) is 24.9 Å². The standard InChI is InChI=1S/C30H31NO6/c1-12-6-5-7-13(2)30(12)11-17-16-8-15-9-18(32)21(14(3)31)27(34)22(15)28(35)24(16)29(36)25-19(33)10-20(37-4)26(30)23(17)25/h6,10,13,15,22,33-34,36H,3,5,7-9,11,31H2,1-2,4H3/t13-,15?,22?,30+/m0/s1. The lowest BCUT2D eigenvalue weighted by Gasteiger charge is -2.42. The minimum absolute atomic E-state index is 0.0559. The Morgan fingerprint density at radius 2 is 1.89 bits per heavy atom. The van der Waals surface area contributed by atoms with Gasteiger partial charge in [-0.25, -0.2) is 0 Å². The fraction of sp³-hybridized carbons (Fsp3) is 0.400. The van der Waals surface area contributed by atoms with Crippen LogP contribution in [-0.2, 0) is 23.1 Å². The Bertz CT molecular complexity index is 1530. The Morgan fingerprint density at radius 1 is 1.16 bits per heavy atom. The molecule has 5 N–H and O–H groups in total. The maximum absolute atomic E-state index is 14.0. The summed E-state index contributed by atoms with van der Waals surface area (Å²) in [5.41, 5.74) is 9.06. The van der Waals surface area contributed by atoms with Crippen LogP contribution < -0.4 is 10.5 Å². The van der Waals surface area contributed by atoms with Crippen molar-refractivity contribution in [1.82, 2.24) is 0 Å².